The van der Waals surface area contributed by atoms with E-state index in [2.05, 4.69) is 24.1 Å². The second kappa shape index (κ2) is 4.12. The summed E-state index contributed by atoms with van der Waals surface area (Å²) in [4.78, 5) is 14.5. The number of nitrogens with one attached hydrogen (secondary N) is 1. The predicted molar refractivity (Wildman–Crippen MR) is 60.6 cm³/mol. The van der Waals surface area contributed by atoms with Crippen LogP contribution in [0.3, 0.4) is 0 Å². The summed E-state index contributed by atoms with van der Waals surface area (Å²) in [5, 5.41) is 3.30. The first-order valence-electron chi connectivity index (χ1n) is 6.15. The van der Waals surface area contributed by atoms with Crippen LogP contribution < -0.4 is 5.32 Å². The number of carbonyl (C=O) groups excluding carboxylic acids is 1. The molecule has 2 heterocycles. The molecule has 0 aromatic carbocycles. The van der Waals surface area contributed by atoms with Gasteiger partial charge in [0, 0.05) is 19.1 Å². The predicted octanol–water partition coefficient (Wildman–Crippen LogP) is 1.39. The van der Waals surface area contributed by atoms with Gasteiger partial charge in [0.15, 0.2) is 0 Å². The van der Waals surface area contributed by atoms with Gasteiger partial charge in [-0.2, -0.15) is 0 Å². The molecule has 15 heavy (non-hydrogen) atoms. The zero-order valence-electron chi connectivity index (χ0n) is 9.88. The Bertz CT molecular complexity index is 246. The van der Waals surface area contributed by atoms with Crippen molar-refractivity contribution in [1.82, 2.24) is 10.2 Å². The molecule has 0 aliphatic carbocycles. The zero-order valence-corrected chi connectivity index (χ0v) is 9.88. The highest BCUT2D eigenvalue weighted by molar-refractivity contribution is 5.83. The molecule has 2 unspecified atom stereocenters. The molecule has 1 amide bonds. The van der Waals surface area contributed by atoms with Crippen molar-refractivity contribution < 1.29 is 4.79 Å². The molecule has 2 aliphatic heterocycles. The molecule has 0 spiro atoms. The van der Waals surface area contributed by atoms with Crippen molar-refractivity contribution in [3.05, 3.63) is 0 Å². The van der Waals surface area contributed by atoms with Gasteiger partial charge in [0.05, 0.1) is 5.41 Å². The lowest BCUT2D eigenvalue weighted by Crippen LogP contribution is -2.49. The van der Waals surface area contributed by atoms with Crippen LogP contribution in [0.5, 0.6) is 0 Å². The molecule has 2 saturated heterocycles. The molecule has 2 rings (SSSR count). The normalized spacial score (nSPS) is 36.9. The van der Waals surface area contributed by atoms with E-state index in [1.54, 1.807) is 0 Å². The number of hydrogen-bond acceptors (Lipinski definition) is 2. The number of hydrogen-bond donors (Lipinski definition) is 1. The summed E-state index contributed by atoms with van der Waals surface area (Å²) in [7, 11) is 0. The lowest BCUT2D eigenvalue weighted by atomic mass is 9.86. The third-order valence-corrected chi connectivity index (χ3v) is 3.95. The Labute approximate surface area is 92.2 Å². The molecule has 0 radical (unpaired) electrons. The van der Waals surface area contributed by atoms with Gasteiger partial charge in [0.25, 0.3) is 0 Å². The maximum Gasteiger partial charge on any atom is 0.230 e. The number of carbonyl (C=O) groups is 1. The van der Waals surface area contributed by atoms with Gasteiger partial charge in [0.1, 0.15) is 0 Å². The fraction of sp³-hybridized carbons (Fsp3) is 0.917. The number of likely N-dealkylation sites (tertiary alicyclic amines) is 1. The Kier molecular flexibility index (Phi) is 3.01. The van der Waals surface area contributed by atoms with Crippen molar-refractivity contribution in [2.45, 2.75) is 45.6 Å². The minimum absolute atomic E-state index is 0.133. The monoisotopic (exact) mass is 210 g/mol. The van der Waals surface area contributed by atoms with Gasteiger partial charge in [-0.15, -0.1) is 0 Å². The van der Waals surface area contributed by atoms with Crippen LogP contribution in [0.15, 0.2) is 0 Å². The molecular weight excluding hydrogens is 188 g/mol. The van der Waals surface area contributed by atoms with Crippen molar-refractivity contribution in [3.8, 4) is 0 Å². The topological polar surface area (TPSA) is 32.3 Å². The van der Waals surface area contributed by atoms with Crippen LogP contribution in [0, 0.1) is 5.41 Å². The van der Waals surface area contributed by atoms with Crippen LogP contribution in [0.2, 0.25) is 0 Å². The van der Waals surface area contributed by atoms with Gasteiger partial charge in [-0.1, -0.05) is 0 Å². The summed E-state index contributed by atoms with van der Waals surface area (Å²) < 4.78 is 0. The molecule has 0 bridgehead atoms. The Morgan fingerprint density at radius 1 is 1.47 bits per heavy atom. The van der Waals surface area contributed by atoms with Gasteiger partial charge in [0.2, 0.25) is 5.91 Å². The van der Waals surface area contributed by atoms with Crippen molar-refractivity contribution >= 4 is 5.91 Å². The lowest BCUT2D eigenvalue weighted by Gasteiger charge is -2.38. The summed E-state index contributed by atoms with van der Waals surface area (Å²) >= 11 is 0. The van der Waals surface area contributed by atoms with Crippen molar-refractivity contribution in [2.24, 2.45) is 5.41 Å². The van der Waals surface area contributed by atoms with Gasteiger partial charge in [-0.3, -0.25) is 4.79 Å². The molecule has 2 aliphatic rings. The quantitative estimate of drug-likeness (QED) is 0.709. The highest BCUT2D eigenvalue weighted by Crippen LogP contribution is 2.30. The van der Waals surface area contributed by atoms with Gasteiger partial charge < -0.3 is 10.2 Å². The van der Waals surface area contributed by atoms with E-state index in [0.717, 1.165) is 26.1 Å². The fourth-order valence-electron chi connectivity index (χ4n) is 2.75. The Morgan fingerprint density at radius 2 is 2.27 bits per heavy atom. The third kappa shape index (κ3) is 2.03. The van der Waals surface area contributed by atoms with Crippen LogP contribution >= 0.6 is 0 Å². The molecular formula is C12H22N2O. The standard InChI is InChI=1S/C12H22N2O/c1-10-5-3-4-8-14(10)11(15)12(2)6-7-13-9-12/h10,13H,3-9H2,1-2H3. The molecule has 0 aromatic rings. The smallest absolute Gasteiger partial charge is 0.230 e. The molecule has 2 fully saturated rings. The molecule has 86 valence electrons. The maximum atomic E-state index is 12.4. The average Bonchev–Trinajstić information content (AvgIpc) is 2.66. The fourth-order valence-corrected chi connectivity index (χ4v) is 2.75. The van der Waals surface area contributed by atoms with Crippen LogP contribution in [-0.2, 0) is 4.79 Å². The van der Waals surface area contributed by atoms with E-state index >= 15 is 0 Å². The van der Waals surface area contributed by atoms with Crippen LogP contribution in [0.1, 0.15) is 39.5 Å². The summed E-state index contributed by atoms with van der Waals surface area (Å²) in [6, 6.07) is 0.448. The summed E-state index contributed by atoms with van der Waals surface area (Å²) in [6.45, 7) is 7.11. The van der Waals surface area contributed by atoms with E-state index in [1.807, 2.05) is 0 Å². The van der Waals surface area contributed by atoms with Crippen LogP contribution in [-0.4, -0.2) is 36.5 Å². The summed E-state index contributed by atoms with van der Waals surface area (Å²) in [6.07, 6.45) is 4.63. The number of amides is 1. The van der Waals surface area contributed by atoms with E-state index < -0.39 is 0 Å². The lowest BCUT2D eigenvalue weighted by molar-refractivity contribution is -0.143. The minimum Gasteiger partial charge on any atom is -0.339 e. The van der Waals surface area contributed by atoms with E-state index in [0.29, 0.717) is 11.9 Å². The van der Waals surface area contributed by atoms with E-state index in [9.17, 15) is 4.79 Å². The highest BCUT2D eigenvalue weighted by Gasteiger charge is 2.40. The Morgan fingerprint density at radius 3 is 2.87 bits per heavy atom. The summed E-state index contributed by atoms with van der Waals surface area (Å²) in [5.74, 6) is 0.375. The van der Waals surface area contributed by atoms with E-state index in [1.165, 1.54) is 19.3 Å². The minimum atomic E-state index is -0.133. The van der Waals surface area contributed by atoms with E-state index in [4.69, 9.17) is 0 Å². The van der Waals surface area contributed by atoms with Gasteiger partial charge >= 0.3 is 0 Å². The van der Waals surface area contributed by atoms with Crippen molar-refractivity contribution in [2.75, 3.05) is 19.6 Å². The molecule has 2 atom stereocenters. The molecule has 3 nitrogen and oxygen atoms in total. The van der Waals surface area contributed by atoms with E-state index in [-0.39, 0.29) is 5.41 Å². The molecule has 0 saturated carbocycles. The molecule has 0 aromatic heterocycles. The van der Waals surface area contributed by atoms with Crippen LogP contribution in [0.25, 0.3) is 0 Å². The first kappa shape index (κ1) is 10.9. The number of piperidine rings is 1. The van der Waals surface area contributed by atoms with Crippen LogP contribution in [0.4, 0.5) is 0 Å². The van der Waals surface area contributed by atoms with Gasteiger partial charge in [-0.25, -0.2) is 0 Å². The number of nitrogens with zero attached hydrogens (tertiary/aromatic N) is 1. The molecule has 1 N–H and O–H groups in total. The second-order valence-electron chi connectivity index (χ2n) is 5.33. The van der Waals surface area contributed by atoms with Crippen molar-refractivity contribution in [3.63, 3.8) is 0 Å². The maximum absolute atomic E-state index is 12.4. The largest absolute Gasteiger partial charge is 0.339 e. The Hall–Kier alpha value is -0.570. The average molecular weight is 210 g/mol. The third-order valence-electron chi connectivity index (χ3n) is 3.95. The second-order valence-corrected chi connectivity index (χ2v) is 5.33. The zero-order chi connectivity index (χ0) is 10.9. The van der Waals surface area contributed by atoms with Crippen molar-refractivity contribution in [1.29, 1.82) is 0 Å². The SMILES string of the molecule is CC1CCCCN1C(=O)C1(C)CCNC1. The summed E-state index contributed by atoms with van der Waals surface area (Å²) in [5.41, 5.74) is -0.133. The first-order chi connectivity index (χ1) is 7.13. The Balaban J connectivity index is 2.05. The molecule has 3 heteroatoms. The highest BCUT2D eigenvalue weighted by atomic mass is 16.2. The first-order valence-corrected chi connectivity index (χ1v) is 6.15. The van der Waals surface area contributed by atoms with Gasteiger partial charge in [-0.05, 0) is 46.1 Å². The number of rotatable bonds is 1.